The monoisotopic (exact) mass is 313 g/mol. The quantitative estimate of drug-likeness (QED) is 0.600. The van der Waals surface area contributed by atoms with E-state index in [4.69, 9.17) is 9.47 Å². The highest BCUT2D eigenvalue weighted by Gasteiger charge is 2.05. The first kappa shape index (κ1) is 16.5. The number of ether oxygens (including phenoxy) is 2. The molecule has 5 nitrogen and oxygen atoms in total. The Morgan fingerprint density at radius 3 is 2.57 bits per heavy atom. The SMILES string of the molecule is Cc1ccc(OCCNC(=O)COc2ccccc2C=O)cc1. The Bertz CT molecular complexity index is 652. The zero-order valence-corrected chi connectivity index (χ0v) is 13.0. The summed E-state index contributed by atoms with van der Waals surface area (Å²) in [5.74, 6) is 0.896. The van der Waals surface area contributed by atoms with Gasteiger partial charge in [-0.25, -0.2) is 0 Å². The lowest BCUT2D eigenvalue weighted by molar-refractivity contribution is -0.123. The van der Waals surface area contributed by atoms with Crippen molar-refractivity contribution < 1.29 is 19.1 Å². The van der Waals surface area contributed by atoms with Crippen LogP contribution in [-0.2, 0) is 4.79 Å². The number of aldehydes is 1. The third kappa shape index (κ3) is 5.47. The molecule has 0 unspecified atom stereocenters. The third-order valence-corrected chi connectivity index (χ3v) is 3.12. The van der Waals surface area contributed by atoms with Crippen molar-refractivity contribution in [1.29, 1.82) is 0 Å². The molecule has 23 heavy (non-hydrogen) atoms. The number of aryl methyl sites for hydroxylation is 1. The minimum atomic E-state index is -0.266. The Morgan fingerprint density at radius 2 is 1.83 bits per heavy atom. The van der Waals surface area contributed by atoms with Crippen molar-refractivity contribution in [1.82, 2.24) is 5.32 Å². The normalized spacial score (nSPS) is 9.96. The smallest absolute Gasteiger partial charge is 0.258 e. The maximum Gasteiger partial charge on any atom is 0.258 e. The molecule has 0 aliphatic rings. The molecule has 0 spiro atoms. The Morgan fingerprint density at radius 1 is 1.09 bits per heavy atom. The van der Waals surface area contributed by atoms with Gasteiger partial charge in [0.1, 0.15) is 18.1 Å². The fourth-order valence-corrected chi connectivity index (χ4v) is 1.90. The van der Waals surface area contributed by atoms with Gasteiger partial charge in [0.2, 0.25) is 0 Å². The summed E-state index contributed by atoms with van der Waals surface area (Å²) >= 11 is 0. The van der Waals surface area contributed by atoms with Crippen LogP contribution in [0.3, 0.4) is 0 Å². The highest BCUT2D eigenvalue weighted by Crippen LogP contribution is 2.15. The van der Waals surface area contributed by atoms with Gasteiger partial charge in [-0.3, -0.25) is 9.59 Å². The summed E-state index contributed by atoms with van der Waals surface area (Å²) in [5.41, 5.74) is 1.58. The molecule has 0 fully saturated rings. The molecule has 0 atom stereocenters. The van der Waals surface area contributed by atoms with Gasteiger partial charge in [0.15, 0.2) is 12.9 Å². The van der Waals surface area contributed by atoms with Crippen LogP contribution in [0.2, 0.25) is 0 Å². The number of rotatable bonds is 8. The minimum Gasteiger partial charge on any atom is -0.492 e. The third-order valence-electron chi connectivity index (χ3n) is 3.12. The number of amides is 1. The van der Waals surface area contributed by atoms with Gasteiger partial charge in [0, 0.05) is 0 Å². The van der Waals surface area contributed by atoms with Crippen LogP contribution in [0, 0.1) is 6.92 Å². The van der Waals surface area contributed by atoms with Crippen LogP contribution in [-0.4, -0.2) is 32.0 Å². The van der Waals surface area contributed by atoms with Gasteiger partial charge in [-0.15, -0.1) is 0 Å². The van der Waals surface area contributed by atoms with Crippen molar-refractivity contribution in [3.8, 4) is 11.5 Å². The van der Waals surface area contributed by atoms with Gasteiger partial charge in [-0.1, -0.05) is 29.8 Å². The predicted octanol–water partition coefficient (Wildman–Crippen LogP) is 2.38. The molecule has 1 N–H and O–H groups in total. The van der Waals surface area contributed by atoms with Gasteiger partial charge in [0.25, 0.3) is 5.91 Å². The van der Waals surface area contributed by atoms with Gasteiger partial charge < -0.3 is 14.8 Å². The highest BCUT2D eigenvalue weighted by atomic mass is 16.5. The molecule has 1 amide bonds. The molecule has 0 saturated heterocycles. The van der Waals surface area contributed by atoms with Crippen LogP contribution in [0.4, 0.5) is 0 Å². The molecule has 120 valence electrons. The summed E-state index contributed by atoms with van der Waals surface area (Å²) in [4.78, 5) is 22.5. The van der Waals surface area contributed by atoms with Crippen molar-refractivity contribution in [2.45, 2.75) is 6.92 Å². The number of carbonyl (C=O) groups excluding carboxylic acids is 2. The van der Waals surface area contributed by atoms with E-state index in [1.54, 1.807) is 24.3 Å². The van der Waals surface area contributed by atoms with Crippen LogP contribution in [0.1, 0.15) is 15.9 Å². The van der Waals surface area contributed by atoms with E-state index in [-0.39, 0.29) is 12.5 Å². The highest BCUT2D eigenvalue weighted by molar-refractivity contribution is 5.80. The lowest BCUT2D eigenvalue weighted by Crippen LogP contribution is -2.32. The van der Waals surface area contributed by atoms with Crippen LogP contribution >= 0.6 is 0 Å². The van der Waals surface area contributed by atoms with Crippen LogP contribution in [0.15, 0.2) is 48.5 Å². The first-order chi connectivity index (χ1) is 11.2. The lowest BCUT2D eigenvalue weighted by Gasteiger charge is -2.10. The van der Waals surface area contributed by atoms with Gasteiger partial charge in [-0.05, 0) is 31.2 Å². The van der Waals surface area contributed by atoms with Crippen molar-refractivity contribution in [3.63, 3.8) is 0 Å². The Hall–Kier alpha value is -2.82. The second-order valence-corrected chi connectivity index (χ2v) is 4.96. The van der Waals surface area contributed by atoms with E-state index in [2.05, 4.69) is 5.32 Å². The molecular formula is C18H19NO4. The average molecular weight is 313 g/mol. The van der Waals surface area contributed by atoms with Crippen molar-refractivity contribution in [2.75, 3.05) is 19.8 Å². The predicted molar refractivity (Wildman–Crippen MR) is 87.0 cm³/mol. The Labute approximate surface area is 135 Å². The van der Waals surface area contributed by atoms with E-state index in [1.807, 2.05) is 31.2 Å². The number of nitrogens with one attached hydrogen (secondary N) is 1. The van der Waals surface area contributed by atoms with E-state index >= 15 is 0 Å². The topological polar surface area (TPSA) is 64.6 Å². The molecule has 0 bridgehead atoms. The van der Waals surface area contributed by atoms with Crippen molar-refractivity contribution in [2.24, 2.45) is 0 Å². The summed E-state index contributed by atoms with van der Waals surface area (Å²) in [6.07, 6.45) is 0.697. The van der Waals surface area contributed by atoms with Gasteiger partial charge in [0.05, 0.1) is 12.1 Å². The fourth-order valence-electron chi connectivity index (χ4n) is 1.90. The number of para-hydroxylation sites is 1. The number of benzene rings is 2. The van der Waals surface area contributed by atoms with Gasteiger partial charge >= 0.3 is 0 Å². The summed E-state index contributed by atoms with van der Waals surface area (Å²) in [6, 6.07) is 14.5. The lowest BCUT2D eigenvalue weighted by atomic mass is 10.2. The Kier molecular flexibility index (Phi) is 6.17. The van der Waals surface area contributed by atoms with Crippen LogP contribution in [0.5, 0.6) is 11.5 Å². The Balaban J connectivity index is 1.67. The maximum atomic E-state index is 11.7. The maximum absolute atomic E-state index is 11.7. The second kappa shape index (κ2) is 8.58. The zero-order valence-electron chi connectivity index (χ0n) is 13.0. The van der Waals surface area contributed by atoms with Crippen molar-refractivity contribution in [3.05, 3.63) is 59.7 Å². The van der Waals surface area contributed by atoms with E-state index in [0.717, 1.165) is 5.75 Å². The molecule has 0 radical (unpaired) electrons. The largest absolute Gasteiger partial charge is 0.492 e. The summed E-state index contributed by atoms with van der Waals surface area (Å²) in [6.45, 7) is 2.62. The van der Waals surface area contributed by atoms with E-state index in [9.17, 15) is 9.59 Å². The summed E-state index contributed by atoms with van der Waals surface area (Å²) < 4.78 is 10.8. The molecule has 2 aromatic rings. The van der Waals surface area contributed by atoms with Crippen molar-refractivity contribution >= 4 is 12.2 Å². The second-order valence-electron chi connectivity index (χ2n) is 4.96. The van der Waals surface area contributed by atoms with Crippen LogP contribution < -0.4 is 14.8 Å². The fraction of sp³-hybridized carbons (Fsp3) is 0.222. The molecular weight excluding hydrogens is 294 g/mol. The summed E-state index contributed by atoms with van der Waals surface area (Å²) in [5, 5.41) is 2.69. The molecule has 2 rings (SSSR count). The van der Waals surface area contributed by atoms with E-state index in [0.29, 0.717) is 30.8 Å². The zero-order chi connectivity index (χ0) is 16.5. The standard InChI is InChI=1S/C18H19NO4/c1-14-6-8-16(9-7-14)22-11-10-19-18(21)13-23-17-5-3-2-4-15(17)12-20/h2-9,12H,10-11,13H2,1H3,(H,19,21). The van der Waals surface area contributed by atoms with E-state index in [1.165, 1.54) is 5.56 Å². The molecule has 0 saturated carbocycles. The van der Waals surface area contributed by atoms with E-state index < -0.39 is 0 Å². The minimum absolute atomic E-state index is 0.143. The molecule has 5 heteroatoms. The number of carbonyl (C=O) groups is 2. The number of hydrogen-bond acceptors (Lipinski definition) is 4. The molecule has 2 aromatic carbocycles. The molecule has 0 heterocycles. The molecule has 0 aliphatic heterocycles. The first-order valence-electron chi connectivity index (χ1n) is 7.32. The van der Waals surface area contributed by atoms with Gasteiger partial charge in [-0.2, -0.15) is 0 Å². The first-order valence-corrected chi connectivity index (χ1v) is 7.32. The molecule has 0 aliphatic carbocycles. The molecule has 0 aromatic heterocycles. The number of hydrogen-bond donors (Lipinski definition) is 1. The average Bonchev–Trinajstić information content (AvgIpc) is 2.58. The van der Waals surface area contributed by atoms with Crippen LogP contribution in [0.25, 0.3) is 0 Å². The summed E-state index contributed by atoms with van der Waals surface area (Å²) in [7, 11) is 0.